The fraction of sp³-hybridized carbons (Fsp3) is 0.333. The standard InChI is InChI=1S/C36H38F3N5O6/c1-4-48-30-19-24(10-13-29(30)50-21(2)3)32(43-26-11-12-27-22(17-26)14-15-41-33(27)40)34(46)44-16-6-9-28(44)23-7-5-8-25(18-23)42-31(45)20-49-35(47)36(37,38)39/h5,7-8,10-15,17-19,21,28,32,43H,4,6,9,16,20H2,1-3H3,(H2,40,41)(H,42,45)/t28-,32+/m1/s1. The number of likely N-dealkylation sites (tertiary alicyclic amines) is 1. The summed E-state index contributed by atoms with van der Waals surface area (Å²) in [4.78, 5) is 43.8. The van der Waals surface area contributed by atoms with E-state index in [2.05, 4.69) is 20.4 Å². The molecule has 3 aromatic carbocycles. The highest BCUT2D eigenvalue weighted by Crippen LogP contribution is 2.38. The predicted octanol–water partition coefficient (Wildman–Crippen LogP) is 6.56. The second-order valence-corrected chi connectivity index (χ2v) is 12.0. The van der Waals surface area contributed by atoms with Gasteiger partial charge in [0.1, 0.15) is 11.9 Å². The van der Waals surface area contributed by atoms with Gasteiger partial charge in [-0.05, 0) is 98.7 Å². The molecular formula is C36H38F3N5O6. The molecule has 0 aliphatic carbocycles. The van der Waals surface area contributed by atoms with E-state index in [0.717, 1.165) is 10.8 Å². The minimum atomic E-state index is -5.21. The number of esters is 1. The minimum absolute atomic E-state index is 0.101. The van der Waals surface area contributed by atoms with Crippen LogP contribution in [0.1, 0.15) is 56.8 Å². The number of halogens is 3. The number of ether oxygens (including phenoxy) is 3. The van der Waals surface area contributed by atoms with Crippen LogP contribution in [0.4, 0.5) is 30.4 Å². The van der Waals surface area contributed by atoms with E-state index in [0.29, 0.717) is 60.1 Å². The summed E-state index contributed by atoms with van der Waals surface area (Å²) in [5, 5.41) is 7.50. The second kappa shape index (κ2) is 15.3. The number of aromatic nitrogens is 1. The fourth-order valence-corrected chi connectivity index (χ4v) is 5.85. The van der Waals surface area contributed by atoms with Crippen LogP contribution < -0.4 is 25.8 Å². The number of nitrogens with two attached hydrogens (primary N) is 1. The number of fused-ring (bicyclic) bond motifs is 1. The number of nitrogens with one attached hydrogen (secondary N) is 2. The van der Waals surface area contributed by atoms with E-state index in [1.165, 1.54) is 0 Å². The number of alkyl halides is 3. The van der Waals surface area contributed by atoms with Gasteiger partial charge in [0.2, 0.25) is 5.91 Å². The highest BCUT2D eigenvalue weighted by Gasteiger charge is 2.41. The molecule has 50 heavy (non-hydrogen) atoms. The molecule has 0 spiro atoms. The van der Waals surface area contributed by atoms with Crippen LogP contribution in [0.15, 0.2) is 72.9 Å². The first-order chi connectivity index (χ1) is 23.8. The maximum absolute atomic E-state index is 14.6. The Balaban J connectivity index is 1.44. The molecule has 5 rings (SSSR count). The molecule has 2 atom stereocenters. The maximum atomic E-state index is 14.6. The number of nitrogen functional groups attached to an aromatic ring is 1. The number of pyridine rings is 1. The summed E-state index contributed by atoms with van der Waals surface area (Å²) < 4.78 is 53.4. The van der Waals surface area contributed by atoms with Crippen LogP contribution in [0.3, 0.4) is 0 Å². The van der Waals surface area contributed by atoms with Crippen LogP contribution in [0.5, 0.6) is 11.5 Å². The molecule has 1 aliphatic heterocycles. The van der Waals surface area contributed by atoms with Crippen molar-refractivity contribution in [2.75, 3.05) is 36.1 Å². The molecule has 0 saturated carbocycles. The van der Waals surface area contributed by atoms with Gasteiger partial charge in [0.25, 0.3) is 5.91 Å². The van der Waals surface area contributed by atoms with Gasteiger partial charge in [0, 0.05) is 29.5 Å². The van der Waals surface area contributed by atoms with Gasteiger partial charge in [-0.15, -0.1) is 0 Å². The number of hydrogen-bond acceptors (Lipinski definition) is 9. The number of hydrogen-bond donors (Lipinski definition) is 3. The lowest BCUT2D eigenvalue weighted by Crippen LogP contribution is -2.37. The number of nitrogens with zero attached hydrogens (tertiary/aromatic N) is 2. The van der Waals surface area contributed by atoms with Gasteiger partial charge in [0.05, 0.1) is 18.8 Å². The SMILES string of the molecule is CCOc1cc([C@H](Nc2ccc3c(N)nccc3c2)C(=O)N2CCC[C@@H]2c2cccc(NC(=O)COC(=O)C(F)(F)F)c2)ccc1OC(C)C. The molecule has 2 heterocycles. The second-order valence-electron chi connectivity index (χ2n) is 12.0. The van der Waals surface area contributed by atoms with Crippen LogP contribution >= 0.6 is 0 Å². The molecule has 264 valence electrons. The first-order valence-corrected chi connectivity index (χ1v) is 16.1. The van der Waals surface area contributed by atoms with Gasteiger partial charge in [-0.3, -0.25) is 9.59 Å². The van der Waals surface area contributed by atoms with Gasteiger partial charge in [-0.25, -0.2) is 9.78 Å². The first-order valence-electron chi connectivity index (χ1n) is 16.1. The van der Waals surface area contributed by atoms with Crippen molar-refractivity contribution in [1.29, 1.82) is 0 Å². The Morgan fingerprint density at radius 3 is 2.56 bits per heavy atom. The zero-order chi connectivity index (χ0) is 36.0. The van der Waals surface area contributed by atoms with Gasteiger partial charge < -0.3 is 35.5 Å². The van der Waals surface area contributed by atoms with Crippen LogP contribution in [0.2, 0.25) is 0 Å². The van der Waals surface area contributed by atoms with Crippen molar-refractivity contribution in [3.63, 3.8) is 0 Å². The van der Waals surface area contributed by atoms with E-state index in [-0.39, 0.29) is 23.7 Å². The zero-order valence-electron chi connectivity index (χ0n) is 27.8. The highest BCUT2D eigenvalue weighted by atomic mass is 19.4. The number of carbonyl (C=O) groups excluding carboxylic acids is 3. The summed E-state index contributed by atoms with van der Waals surface area (Å²) >= 11 is 0. The van der Waals surface area contributed by atoms with Gasteiger partial charge in [-0.2, -0.15) is 13.2 Å². The molecule has 4 aromatic rings. The summed E-state index contributed by atoms with van der Waals surface area (Å²) in [5.74, 6) is -2.16. The largest absolute Gasteiger partial charge is 0.490 e. The Hall–Kier alpha value is -5.53. The summed E-state index contributed by atoms with van der Waals surface area (Å²) in [7, 11) is 0. The molecular weight excluding hydrogens is 655 g/mol. The van der Waals surface area contributed by atoms with E-state index in [1.807, 2.05) is 57.2 Å². The Morgan fingerprint density at radius 1 is 1.02 bits per heavy atom. The molecule has 0 radical (unpaired) electrons. The van der Waals surface area contributed by atoms with Crippen LogP contribution in [0.25, 0.3) is 10.8 Å². The number of rotatable bonds is 12. The third-order valence-corrected chi connectivity index (χ3v) is 7.97. The third-order valence-electron chi connectivity index (χ3n) is 7.97. The number of benzene rings is 3. The average Bonchev–Trinajstić information content (AvgIpc) is 3.57. The van der Waals surface area contributed by atoms with Crippen molar-refractivity contribution in [3.05, 3.63) is 84.1 Å². The molecule has 4 N–H and O–H groups in total. The molecule has 1 fully saturated rings. The molecule has 0 bridgehead atoms. The average molecular weight is 694 g/mol. The Bertz CT molecular complexity index is 1870. The van der Waals surface area contributed by atoms with Crippen molar-refractivity contribution in [1.82, 2.24) is 9.88 Å². The quantitative estimate of drug-likeness (QED) is 0.140. The van der Waals surface area contributed by atoms with E-state index >= 15 is 0 Å². The molecule has 2 amide bonds. The molecule has 1 aromatic heterocycles. The smallest absolute Gasteiger partial charge is 0.490 e. The Morgan fingerprint density at radius 2 is 1.82 bits per heavy atom. The lowest BCUT2D eigenvalue weighted by atomic mass is 10.0. The number of amides is 2. The van der Waals surface area contributed by atoms with Crippen molar-refractivity contribution in [2.24, 2.45) is 0 Å². The van der Waals surface area contributed by atoms with E-state index in [9.17, 15) is 27.6 Å². The van der Waals surface area contributed by atoms with E-state index < -0.39 is 30.7 Å². The van der Waals surface area contributed by atoms with Gasteiger partial charge in [-0.1, -0.05) is 18.2 Å². The van der Waals surface area contributed by atoms with E-state index in [1.54, 1.807) is 41.4 Å². The van der Waals surface area contributed by atoms with Crippen LogP contribution in [0, 0.1) is 0 Å². The fourth-order valence-electron chi connectivity index (χ4n) is 5.85. The summed E-state index contributed by atoms with van der Waals surface area (Å²) in [6.45, 7) is 5.43. The molecule has 11 nitrogen and oxygen atoms in total. The summed E-state index contributed by atoms with van der Waals surface area (Å²) in [6.07, 6.45) is -2.35. The third kappa shape index (κ3) is 8.54. The number of carbonyl (C=O) groups is 3. The maximum Gasteiger partial charge on any atom is 0.490 e. The van der Waals surface area contributed by atoms with Crippen molar-refractivity contribution >= 4 is 45.7 Å². The van der Waals surface area contributed by atoms with Gasteiger partial charge >= 0.3 is 12.1 Å². The number of anilines is 3. The van der Waals surface area contributed by atoms with Gasteiger partial charge in [0.15, 0.2) is 18.1 Å². The first kappa shape index (κ1) is 35.8. The van der Waals surface area contributed by atoms with Crippen LogP contribution in [-0.2, 0) is 19.1 Å². The molecule has 1 aliphatic rings. The van der Waals surface area contributed by atoms with Crippen LogP contribution in [-0.4, -0.2) is 59.7 Å². The lowest BCUT2D eigenvalue weighted by Gasteiger charge is -2.31. The topological polar surface area (TPSA) is 145 Å². The van der Waals surface area contributed by atoms with E-state index in [4.69, 9.17) is 15.2 Å². The minimum Gasteiger partial charge on any atom is -0.490 e. The zero-order valence-corrected chi connectivity index (χ0v) is 27.8. The molecule has 14 heteroatoms. The van der Waals surface area contributed by atoms with Crippen molar-refractivity contribution < 1.29 is 41.8 Å². The van der Waals surface area contributed by atoms with Crippen molar-refractivity contribution in [2.45, 2.75) is 58.0 Å². The molecule has 0 unspecified atom stereocenters. The summed E-state index contributed by atoms with van der Waals surface area (Å²) in [6, 6.07) is 18.3. The molecule has 1 saturated heterocycles. The van der Waals surface area contributed by atoms with Crippen molar-refractivity contribution in [3.8, 4) is 11.5 Å². The normalized spacial score (nSPS) is 15.1. The predicted molar refractivity (Wildman–Crippen MR) is 182 cm³/mol. The monoisotopic (exact) mass is 693 g/mol. The lowest BCUT2D eigenvalue weighted by molar-refractivity contribution is -0.199. The summed E-state index contributed by atoms with van der Waals surface area (Å²) in [5.41, 5.74) is 8.38. The highest BCUT2D eigenvalue weighted by molar-refractivity contribution is 5.95. The Labute approximate surface area is 286 Å². The Kier molecular flexibility index (Phi) is 11.0.